The third kappa shape index (κ3) is 1.66. The quantitative estimate of drug-likeness (QED) is 0.627. The van der Waals surface area contributed by atoms with Crippen LogP contribution >= 0.6 is 0 Å². The molecule has 4 heteroatoms. The van der Waals surface area contributed by atoms with Crippen molar-refractivity contribution in [2.24, 2.45) is 4.99 Å². The van der Waals surface area contributed by atoms with Crippen molar-refractivity contribution in [3.63, 3.8) is 0 Å². The summed E-state index contributed by atoms with van der Waals surface area (Å²) in [6.07, 6.45) is 6.27. The normalized spacial score (nSPS) is 17.0. The molecule has 0 atom stereocenters. The van der Waals surface area contributed by atoms with Gasteiger partial charge in [0.15, 0.2) is 0 Å². The molecule has 1 aromatic heterocycles. The van der Waals surface area contributed by atoms with E-state index in [9.17, 15) is 0 Å². The average molecular weight is 176 g/mol. The molecule has 13 heavy (non-hydrogen) atoms. The third-order valence-electron chi connectivity index (χ3n) is 2.09. The molecule has 0 amide bonds. The lowest BCUT2D eigenvalue weighted by Gasteiger charge is -2.24. The van der Waals surface area contributed by atoms with E-state index in [4.69, 9.17) is 0 Å². The van der Waals surface area contributed by atoms with E-state index in [1.807, 2.05) is 7.05 Å². The number of hydrogen-bond donors (Lipinski definition) is 0. The monoisotopic (exact) mass is 176 g/mol. The minimum Gasteiger partial charge on any atom is -0.359 e. The number of nitrogens with zero attached hydrogens (tertiary/aromatic N) is 4. The van der Waals surface area contributed by atoms with Crippen LogP contribution in [-0.2, 0) is 0 Å². The van der Waals surface area contributed by atoms with Gasteiger partial charge in [0.1, 0.15) is 12.2 Å². The van der Waals surface area contributed by atoms with Gasteiger partial charge in [-0.3, -0.25) is 4.99 Å². The standard InChI is InChI=1S/C9H12N4/c1-13-4-2-3-12-9(13)8-5-10-7-11-6-8/h5-7H,2-4H2,1H3. The topological polar surface area (TPSA) is 41.4 Å². The molecule has 2 rings (SSSR count). The Hall–Kier alpha value is -1.45. The van der Waals surface area contributed by atoms with E-state index in [0.717, 1.165) is 30.9 Å². The SMILES string of the molecule is CN1CCCN=C1c1cncnc1. The summed E-state index contributed by atoms with van der Waals surface area (Å²) in [5, 5.41) is 0. The highest BCUT2D eigenvalue weighted by molar-refractivity contribution is 5.98. The summed E-state index contributed by atoms with van der Waals surface area (Å²) in [4.78, 5) is 14.5. The zero-order valence-electron chi connectivity index (χ0n) is 7.64. The Balaban J connectivity index is 2.30. The summed E-state index contributed by atoms with van der Waals surface area (Å²) >= 11 is 0. The van der Waals surface area contributed by atoms with Crippen LogP contribution in [0.4, 0.5) is 0 Å². The summed E-state index contributed by atoms with van der Waals surface area (Å²) in [6.45, 7) is 1.97. The average Bonchev–Trinajstić information content (AvgIpc) is 2.20. The molecule has 0 unspecified atom stereocenters. The molecule has 0 bridgehead atoms. The van der Waals surface area contributed by atoms with Gasteiger partial charge in [0.25, 0.3) is 0 Å². The molecule has 0 aliphatic carbocycles. The van der Waals surface area contributed by atoms with Crippen LogP contribution in [0.2, 0.25) is 0 Å². The number of aromatic nitrogens is 2. The molecule has 1 aliphatic rings. The van der Waals surface area contributed by atoms with Crippen LogP contribution in [0.1, 0.15) is 12.0 Å². The number of amidine groups is 1. The lowest BCUT2D eigenvalue weighted by molar-refractivity contribution is 0.468. The first-order valence-corrected chi connectivity index (χ1v) is 4.39. The molecule has 0 radical (unpaired) electrons. The van der Waals surface area contributed by atoms with E-state index in [1.165, 1.54) is 6.33 Å². The van der Waals surface area contributed by atoms with E-state index < -0.39 is 0 Å². The first-order valence-electron chi connectivity index (χ1n) is 4.39. The van der Waals surface area contributed by atoms with Crippen LogP contribution in [-0.4, -0.2) is 40.8 Å². The predicted molar refractivity (Wildman–Crippen MR) is 50.7 cm³/mol. The molecule has 0 saturated carbocycles. The number of aliphatic imine (C=N–C) groups is 1. The Morgan fingerprint density at radius 2 is 2.08 bits per heavy atom. The van der Waals surface area contributed by atoms with Crippen LogP contribution < -0.4 is 0 Å². The second kappa shape index (κ2) is 3.51. The van der Waals surface area contributed by atoms with Crippen LogP contribution in [0, 0.1) is 0 Å². The summed E-state index contributed by atoms with van der Waals surface area (Å²) in [7, 11) is 2.05. The van der Waals surface area contributed by atoms with Crippen molar-refractivity contribution in [1.29, 1.82) is 0 Å². The Morgan fingerprint density at radius 3 is 2.77 bits per heavy atom. The van der Waals surface area contributed by atoms with Crippen molar-refractivity contribution in [2.75, 3.05) is 20.1 Å². The minimum absolute atomic E-state index is 0.911. The molecular formula is C9H12N4. The van der Waals surface area contributed by atoms with Gasteiger partial charge < -0.3 is 4.90 Å². The van der Waals surface area contributed by atoms with E-state index in [2.05, 4.69) is 19.9 Å². The van der Waals surface area contributed by atoms with E-state index >= 15 is 0 Å². The maximum atomic E-state index is 4.44. The molecular weight excluding hydrogens is 164 g/mol. The van der Waals surface area contributed by atoms with Crippen LogP contribution in [0.25, 0.3) is 0 Å². The Kier molecular flexibility index (Phi) is 2.21. The van der Waals surface area contributed by atoms with Gasteiger partial charge in [-0.05, 0) is 6.42 Å². The summed E-state index contributed by atoms with van der Waals surface area (Å²) in [5.74, 6) is 1.01. The summed E-state index contributed by atoms with van der Waals surface area (Å²) in [6, 6.07) is 0. The maximum absolute atomic E-state index is 4.44. The summed E-state index contributed by atoms with van der Waals surface area (Å²) < 4.78 is 0. The largest absolute Gasteiger partial charge is 0.359 e. The van der Waals surface area contributed by atoms with Crippen molar-refractivity contribution in [3.8, 4) is 0 Å². The first-order chi connectivity index (χ1) is 6.38. The van der Waals surface area contributed by atoms with Crippen LogP contribution in [0.15, 0.2) is 23.7 Å². The first kappa shape index (κ1) is 8.16. The Morgan fingerprint density at radius 1 is 1.31 bits per heavy atom. The molecule has 0 spiro atoms. The lowest BCUT2D eigenvalue weighted by Crippen LogP contribution is -2.32. The molecule has 0 fully saturated rings. The Bertz CT molecular complexity index is 307. The van der Waals surface area contributed by atoms with Gasteiger partial charge >= 0.3 is 0 Å². The van der Waals surface area contributed by atoms with Gasteiger partial charge in [0.2, 0.25) is 0 Å². The minimum atomic E-state index is 0.911. The predicted octanol–water partition coefficient (Wildman–Crippen LogP) is 0.559. The molecule has 0 aromatic carbocycles. The third-order valence-corrected chi connectivity index (χ3v) is 2.09. The van der Waals surface area contributed by atoms with Crippen molar-refractivity contribution >= 4 is 5.84 Å². The van der Waals surface area contributed by atoms with E-state index in [1.54, 1.807) is 12.4 Å². The van der Waals surface area contributed by atoms with Gasteiger partial charge in [0, 0.05) is 32.5 Å². The molecule has 68 valence electrons. The van der Waals surface area contributed by atoms with Crippen molar-refractivity contribution in [3.05, 3.63) is 24.3 Å². The van der Waals surface area contributed by atoms with Crippen LogP contribution in [0.5, 0.6) is 0 Å². The van der Waals surface area contributed by atoms with Crippen LogP contribution in [0.3, 0.4) is 0 Å². The smallest absolute Gasteiger partial charge is 0.133 e. The highest BCUT2D eigenvalue weighted by Crippen LogP contribution is 2.07. The van der Waals surface area contributed by atoms with Crippen molar-refractivity contribution in [2.45, 2.75) is 6.42 Å². The molecule has 1 aromatic rings. The molecule has 2 heterocycles. The van der Waals surface area contributed by atoms with E-state index in [-0.39, 0.29) is 0 Å². The van der Waals surface area contributed by atoms with Gasteiger partial charge in [0.05, 0.1) is 5.56 Å². The fourth-order valence-corrected chi connectivity index (χ4v) is 1.45. The van der Waals surface area contributed by atoms with Gasteiger partial charge in [-0.25, -0.2) is 9.97 Å². The fraction of sp³-hybridized carbons (Fsp3) is 0.444. The van der Waals surface area contributed by atoms with E-state index in [0.29, 0.717) is 0 Å². The molecule has 4 nitrogen and oxygen atoms in total. The second-order valence-corrected chi connectivity index (χ2v) is 3.11. The number of rotatable bonds is 1. The highest BCUT2D eigenvalue weighted by atomic mass is 15.2. The zero-order chi connectivity index (χ0) is 9.10. The van der Waals surface area contributed by atoms with Gasteiger partial charge in [-0.15, -0.1) is 0 Å². The molecule has 0 saturated heterocycles. The maximum Gasteiger partial charge on any atom is 0.133 e. The van der Waals surface area contributed by atoms with Gasteiger partial charge in [-0.2, -0.15) is 0 Å². The summed E-state index contributed by atoms with van der Waals surface area (Å²) in [5.41, 5.74) is 1.00. The van der Waals surface area contributed by atoms with Crippen molar-refractivity contribution in [1.82, 2.24) is 14.9 Å². The molecule has 0 N–H and O–H groups in total. The fourth-order valence-electron chi connectivity index (χ4n) is 1.45. The lowest BCUT2D eigenvalue weighted by atomic mass is 10.2. The number of hydrogen-bond acceptors (Lipinski definition) is 4. The highest BCUT2D eigenvalue weighted by Gasteiger charge is 2.12. The second-order valence-electron chi connectivity index (χ2n) is 3.11. The molecule has 1 aliphatic heterocycles. The Labute approximate surface area is 77.3 Å². The van der Waals surface area contributed by atoms with Gasteiger partial charge in [-0.1, -0.05) is 0 Å². The van der Waals surface area contributed by atoms with Crippen molar-refractivity contribution < 1.29 is 0 Å². The zero-order valence-corrected chi connectivity index (χ0v) is 7.64.